The van der Waals surface area contributed by atoms with E-state index >= 15 is 0 Å². The van der Waals surface area contributed by atoms with Crippen molar-refractivity contribution in [1.82, 2.24) is 9.55 Å². The Kier molecular flexibility index (Phi) is 7.60. The highest BCUT2D eigenvalue weighted by Crippen LogP contribution is 2.28. The Hall–Kier alpha value is -2.26. The Balaban J connectivity index is 1.84. The molecule has 158 valence electrons. The first-order chi connectivity index (χ1) is 14.4. The number of hydrogen-bond acceptors (Lipinski definition) is 6. The number of amides is 1. The number of carbonyl (C=O) groups excluding carboxylic acids is 1. The van der Waals surface area contributed by atoms with Gasteiger partial charge in [0.2, 0.25) is 5.91 Å². The summed E-state index contributed by atoms with van der Waals surface area (Å²) in [6.45, 7) is 0.646. The zero-order valence-corrected chi connectivity index (χ0v) is 18.6. The summed E-state index contributed by atoms with van der Waals surface area (Å²) >= 11 is 13.2. The van der Waals surface area contributed by atoms with Gasteiger partial charge in [-0.15, -0.1) is 0 Å². The lowest BCUT2D eigenvalue weighted by Gasteiger charge is -2.13. The Morgan fingerprint density at radius 2 is 1.90 bits per heavy atom. The van der Waals surface area contributed by atoms with Crippen molar-refractivity contribution in [3.05, 3.63) is 56.8 Å². The second kappa shape index (κ2) is 10.2. The number of aromatic nitrogens is 2. The molecule has 2 aromatic carbocycles. The summed E-state index contributed by atoms with van der Waals surface area (Å²) in [5, 5.41) is 4.57. The highest BCUT2D eigenvalue weighted by Gasteiger charge is 2.15. The molecule has 0 fully saturated rings. The molecule has 7 nitrogen and oxygen atoms in total. The maximum absolute atomic E-state index is 12.9. The number of halogens is 2. The number of hydrogen-bond donors (Lipinski definition) is 1. The molecule has 0 saturated carbocycles. The highest BCUT2D eigenvalue weighted by atomic mass is 35.5. The molecule has 0 saturated heterocycles. The summed E-state index contributed by atoms with van der Waals surface area (Å²) in [5.74, 6) is 0.230. The third kappa shape index (κ3) is 5.26. The Labute approximate surface area is 187 Å². The maximum atomic E-state index is 12.9. The normalized spacial score (nSPS) is 10.9. The van der Waals surface area contributed by atoms with Gasteiger partial charge in [-0.05, 0) is 36.4 Å². The first kappa shape index (κ1) is 22.4. The summed E-state index contributed by atoms with van der Waals surface area (Å²) in [5.41, 5.74) is 0.722. The van der Waals surface area contributed by atoms with E-state index in [4.69, 9.17) is 32.7 Å². The largest absolute Gasteiger partial charge is 0.495 e. The van der Waals surface area contributed by atoms with Crippen molar-refractivity contribution in [1.29, 1.82) is 0 Å². The molecule has 3 rings (SSSR count). The van der Waals surface area contributed by atoms with Gasteiger partial charge >= 0.3 is 0 Å². The van der Waals surface area contributed by atoms with E-state index in [9.17, 15) is 9.59 Å². The molecule has 0 aliphatic carbocycles. The molecule has 0 spiro atoms. The zero-order chi connectivity index (χ0) is 21.7. The zero-order valence-electron chi connectivity index (χ0n) is 16.3. The van der Waals surface area contributed by atoms with Crippen molar-refractivity contribution in [3.63, 3.8) is 0 Å². The average Bonchev–Trinajstić information content (AvgIpc) is 2.71. The van der Waals surface area contributed by atoms with Gasteiger partial charge < -0.3 is 14.8 Å². The third-order valence-electron chi connectivity index (χ3n) is 4.17. The summed E-state index contributed by atoms with van der Waals surface area (Å²) in [6, 6.07) is 9.86. The number of nitrogens with zero attached hydrogens (tertiary/aromatic N) is 2. The van der Waals surface area contributed by atoms with Crippen molar-refractivity contribution >= 4 is 57.5 Å². The smallest absolute Gasteiger partial charge is 0.262 e. The first-order valence-electron chi connectivity index (χ1n) is 8.88. The molecule has 0 unspecified atom stereocenters. The van der Waals surface area contributed by atoms with Crippen LogP contribution in [0.5, 0.6) is 5.75 Å². The standard InChI is InChI=1S/C20H19Cl2N3O4S/c1-28-8-7-25-19(27)14-5-3-12(21)9-15(14)24-20(25)30-11-18(26)23-16-10-13(22)4-6-17(16)29-2/h3-6,9-10H,7-8,11H2,1-2H3,(H,23,26). The molecule has 0 aliphatic rings. The van der Waals surface area contributed by atoms with Gasteiger partial charge in [-0.25, -0.2) is 4.98 Å². The van der Waals surface area contributed by atoms with Crippen LogP contribution in [0.1, 0.15) is 0 Å². The van der Waals surface area contributed by atoms with E-state index in [1.807, 2.05) is 0 Å². The number of methoxy groups -OCH3 is 2. The van der Waals surface area contributed by atoms with Crippen molar-refractivity contribution in [2.45, 2.75) is 11.7 Å². The molecular formula is C20H19Cl2N3O4S. The predicted octanol–water partition coefficient (Wildman–Crippen LogP) is 4.09. The Bertz CT molecular complexity index is 1140. The molecule has 30 heavy (non-hydrogen) atoms. The molecule has 0 atom stereocenters. The van der Waals surface area contributed by atoms with Gasteiger partial charge in [-0.1, -0.05) is 35.0 Å². The van der Waals surface area contributed by atoms with Crippen LogP contribution in [0.2, 0.25) is 10.0 Å². The van der Waals surface area contributed by atoms with Crippen LogP contribution in [0.25, 0.3) is 10.9 Å². The summed E-state index contributed by atoms with van der Waals surface area (Å²) < 4.78 is 11.8. The molecule has 0 aliphatic heterocycles. The number of fused-ring (bicyclic) bond motifs is 1. The fraction of sp³-hybridized carbons (Fsp3) is 0.250. The van der Waals surface area contributed by atoms with Gasteiger partial charge in [0.05, 0.1) is 42.6 Å². The SMILES string of the molecule is COCCn1c(SCC(=O)Nc2cc(Cl)ccc2OC)nc2cc(Cl)ccc2c1=O. The second-order valence-corrected chi connectivity index (χ2v) is 8.00. The van der Waals surface area contributed by atoms with Gasteiger partial charge in [0, 0.05) is 17.2 Å². The van der Waals surface area contributed by atoms with E-state index < -0.39 is 0 Å². The van der Waals surface area contributed by atoms with Crippen LogP contribution in [0.3, 0.4) is 0 Å². The number of thioether (sulfide) groups is 1. The minimum Gasteiger partial charge on any atom is -0.495 e. The van der Waals surface area contributed by atoms with Gasteiger partial charge in [-0.3, -0.25) is 14.2 Å². The van der Waals surface area contributed by atoms with E-state index in [0.29, 0.717) is 50.7 Å². The molecule has 3 aromatic rings. The van der Waals surface area contributed by atoms with E-state index in [2.05, 4.69) is 10.3 Å². The lowest BCUT2D eigenvalue weighted by molar-refractivity contribution is -0.113. The number of ether oxygens (including phenoxy) is 2. The lowest BCUT2D eigenvalue weighted by atomic mass is 10.2. The van der Waals surface area contributed by atoms with Gasteiger partial charge in [0.1, 0.15) is 5.75 Å². The lowest BCUT2D eigenvalue weighted by Crippen LogP contribution is -2.26. The highest BCUT2D eigenvalue weighted by molar-refractivity contribution is 7.99. The number of nitrogens with one attached hydrogen (secondary N) is 1. The molecule has 1 amide bonds. The summed E-state index contributed by atoms with van der Waals surface area (Å²) in [7, 11) is 3.06. The van der Waals surface area contributed by atoms with E-state index in [-0.39, 0.29) is 17.2 Å². The third-order valence-corrected chi connectivity index (χ3v) is 5.62. The van der Waals surface area contributed by atoms with Crippen LogP contribution >= 0.6 is 35.0 Å². The van der Waals surface area contributed by atoms with Crippen LogP contribution in [0.15, 0.2) is 46.3 Å². The molecule has 0 radical (unpaired) electrons. The van der Waals surface area contributed by atoms with Crippen LogP contribution in [-0.4, -0.2) is 42.0 Å². The number of carbonyl (C=O) groups is 1. The summed E-state index contributed by atoms with van der Waals surface area (Å²) in [6.07, 6.45) is 0. The van der Waals surface area contributed by atoms with Crippen molar-refractivity contribution in [2.24, 2.45) is 0 Å². The molecule has 1 aromatic heterocycles. The molecule has 10 heteroatoms. The van der Waals surface area contributed by atoms with Gasteiger partial charge in [0.15, 0.2) is 5.16 Å². The number of rotatable bonds is 8. The fourth-order valence-corrected chi connectivity index (χ4v) is 3.92. The average molecular weight is 468 g/mol. The van der Waals surface area contributed by atoms with E-state index in [1.165, 1.54) is 11.7 Å². The second-order valence-electron chi connectivity index (χ2n) is 6.19. The fourth-order valence-electron chi connectivity index (χ4n) is 2.76. The Morgan fingerprint density at radius 1 is 1.17 bits per heavy atom. The maximum Gasteiger partial charge on any atom is 0.262 e. The van der Waals surface area contributed by atoms with Crippen LogP contribution in [0.4, 0.5) is 5.69 Å². The number of anilines is 1. The summed E-state index contributed by atoms with van der Waals surface area (Å²) in [4.78, 5) is 29.9. The topological polar surface area (TPSA) is 82.4 Å². The van der Waals surface area contributed by atoms with E-state index in [1.54, 1.807) is 43.5 Å². The van der Waals surface area contributed by atoms with Crippen molar-refractivity contribution in [3.8, 4) is 5.75 Å². The number of benzene rings is 2. The minimum atomic E-state index is -0.292. The molecule has 1 heterocycles. The monoisotopic (exact) mass is 467 g/mol. The van der Waals surface area contributed by atoms with Crippen LogP contribution < -0.4 is 15.6 Å². The van der Waals surface area contributed by atoms with Crippen LogP contribution in [-0.2, 0) is 16.1 Å². The molecule has 0 bridgehead atoms. The quantitative estimate of drug-likeness (QED) is 0.396. The van der Waals surface area contributed by atoms with Crippen molar-refractivity contribution in [2.75, 3.05) is 31.9 Å². The van der Waals surface area contributed by atoms with Crippen LogP contribution in [0, 0.1) is 0 Å². The van der Waals surface area contributed by atoms with E-state index in [0.717, 1.165) is 11.8 Å². The minimum absolute atomic E-state index is 0.0289. The Morgan fingerprint density at radius 3 is 2.63 bits per heavy atom. The predicted molar refractivity (Wildman–Crippen MR) is 120 cm³/mol. The first-order valence-corrected chi connectivity index (χ1v) is 10.6. The molecular weight excluding hydrogens is 449 g/mol. The van der Waals surface area contributed by atoms with Gasteiger partial charge in [0.25, 0.3) is 5.56 Å². The van der Waals surface area contributed by atoms with Crippen molar-refractivity contribution < 1.29 is 14.3 Å². The van der Waals surface area contributed by atoms with Gasteiger partial charge in [-0.2, -0.15) is 0 Å². The molecule has 1 N–H and O–H groups in total.